The van der Waals surface area contributed by atoms with Gasteiger partial charge in [0, 0.05) is 33.2 Å². The Kier molecular flexibility index (Phi) is 4.60. The molecule has 1 aliphatic heterocycles. The highest BCUT2D eigenvalue weighted by Gasteiger charge is 2.34. The van der Waals surface area contributed by atoms with Crippen molar-refractivity contribution in [2.45, 2.75) is 12.5 Å². The van der Waals surface area contributed by atoms with Gasteiger partial charge < -0.3 is 14.4 Å². The average Bonchev–Trinajstić information content (AvgIpc) is 2.91. The van der Waals surface area contributed by atoms with E-state index in [9.17, 15) is 9.59 Å². The smallest absolute Gasteiger partial charge is 0.338 e. The average molecular weight is 383 g/mol. The van der Waals surface area contributed by atoms with Crippen LogP contribution in [0.5, 0.6) is 5.75 Å². The Balaban J connectivity index is 1.58. The number of hydrogen-bond donors (Lipinski definition) is 0. The molecule has 0 bridgehead atoms. The van der Waals surface area contributed by atoms with E-state index >= 15 is 0 Å². The fourth-order valence-electron chi connectivity index (χ4n) is 3.42. The molecule has 9 nitrogen and oxygen atoms in total. The number of benzene rings is 1. The van der Waals surface area contributed by atoms with Gasteiger partial charge in [-0.3, -0.25) is 4.57 Å². The monoisotopic (exact) mass is 383 g/mol. The van der Waals surface area contributed by atoms with Crippen molar-refractivity contribution in [2.24, 2.45) is 7.05 Å². The molecule has 2 aromatic heterocycles. The lowest BCUT2D eigenvalue weighted by molar-refractivity contribution is 0.152. The summed E-state index contributed by atoms with van der Waals surface area (Å²) in [6.07, 6.45) is 1.50. The molecule has 1 saturated heterocycles. The maximum Gasteiger partial charge on any atom is 0.338 e. The number of imidazole rings is 1. The van der Waals surface area contributed by atoms with Crippen molar-refractivity contribution in [3.8, 4) is 5.75 Å². The fourth-order valence-corrected chi connectivity index (χ4v) is 3.42. The fraction of sp³-hybridized carbons (Fsp3) is 0.368. The standard InChI is InChI=1S/C19H21N5O4/c1-22-17-15(8-20-16(21-17)11-27-2)24(18(22)25)19(26)23-9-13(10-23)12-5-4-6-14(7-12)28-3/h4-8,13H,9-11H2,1-3H3. The Bertz CT molecular complexity index is 1100. The van der Waals surface area contributed by atoms with Gasteiger partial charge in [0.2, 0.25) is 0 Å². The van der Waals surface area contributed by atoms with E-state index in [0.717, 1.165) is 15.9 Å². The molecule has 0 saturated carbocycles. The molecule has 146 valence electrons. The molecule has 0 atom stereocenters. The number of carbonyl (C=O) groups is 1. The molecule has 9 heteroatoms. The van der Waals surface area contributed by atoms with Crippen molar-refractivity contribution in [1.29, 1.82) is 0 Å². The normalized spacial score (nSPS) is 14.3. The first-order valence-corrected chi connectivity index (χ1v) is 8.89. The largest absolute Gasteiger partial charge is 0.497 e. The number of rotatable bonds is 4. The van der Waals surface area contributed by atoms with E-state index in [4.69, 9.17) is 9.47 Å². The molecule has 1 amide bonds. The lowest BCUT2D eigenvalue weighted by atomic mass is 9.91. The summed E-state index contributed by atoms with van der Waals surface area (Å²) in [5, 5.41) is 0. The molecule has 3 heterocycles. The van der Waals surface area contributed by atoms with E-state index in [0.29, 0.717) is 30.1 Å². The Morgan fingerprint density at radius 1 is 1.29 bits per heavy atom. The molecular formula is C19H21N5O4. The van der Waals surface area contributed by atoms with Crippen molar-refractivity contribution >= 4 is 17.2 Å². The number of nitrogens with zero attached hydrogens (tertiary/aromatic N) is 5. The molecule has 0 radical (unpaired) electrons. The molecule has 0 spiro atoms. The van der Waals surface area contributed by atoms with Gasteiger partial charge in [0.25, 0.3) is 0 Å². The van der Waals surface area contributed by atoms with Crippen molar-refractivity contribution in [1.82, 2.24) is 24.0 Å². The lowest BCUT2D eigenvalue weighted by Crippen LogP contribution is -2.52. The minimum absolute atomic E-state index is 0.217. The number of ether oxygens (including phenoxy) is 2. The quantitative estimate of drug-likeness (QED) is 0.675. The summed E-state index contributed by atoms with van der Waals surface area (Å²) in [7, 11) is 4.76. The van der Waals surface area contributed by atoms with Gasteiger partial charge in [-0.15, -0.1) is 0 Å². The number of fused-ring (bicyclic) bond motifs is 1. The maximum atomic E-state index is 13.0. The first-order chi connectivity index (χ1) is 13.5. The topological polar surface area (TPSA) is 91.5 Å². The van der Waals surface area contributed by atoms with Gasteiger partial charge in [-0.2, -0.15) is 0 Å². The van der Waals surface area contributed by atoms with Crippen LogP contribution in [0.1, 0.15) is 17.3 Å². The number of methoxy groups -OCH3 is 2. The van der Waals surface area contributed by atoms with Gasteiger partial charge in [0.15, 0.2) is 11.5 Å². The highest BCUT2D eigenvalue weighted by Crippen LogP contribution is 2.29. The summed E-state index contributed by atoms with van der Waals surface area (Å²) in [6.45, 7) is 1.31. The molecule has 1 fully saturated rings. The van der Waals surface area contributed by atoms with Crippen LogP contribution in [-0.4, -0.2) is 57.3 Å². The maximum absolute atomic E-state index is 13.0. The van der Waals surface area contributed by atoms with Crippen molar-refractivity contribution in [3.63, 3.8) is 0 Å². The lowest BCUT2D eigenvalue weighted by Gasteiger charge is -2.39. The third-order valence-corrected chi connectivity index (χ3v) is 5.02. The van der Waals surface area contributed by atoms with Gasteiger partial charge in [0.05, 0.1) is 13.3 Å². The van der Waals surface area contributed by atoms with E-state index in [-0.39, 0.29) is 18.6 Å². The summed E-state index contributed by atoms with van der Waals surface area (Å²) >= 11 is 0. The zero-order valence-electron chi connectivity index (χ0n) is 16.0. The molecule has 0 unspecified atom stereocenters. The van der Waals surface area contributed by atoms with Crippen LogP contribution in [0.25, 0.3) is 11.2 Å². The summed E-state index contributed by atoms with van der Waals surface area (Å²) in [5.41, 5.74) is 1.47. The Morgan fingerprint density at radius 3 is 2.79 bits per heavy atom. The van der Waals surface area contributed by atoms with Crippen LogP contribution < -0.4 is 10.4 Å². The summed E-state index contributed by atoms with van der Waals surface area (Å²) in [6, 6.07) is 7.45. The molecule has 28 heavy (non-hydrogen) atoms. The third kappa shape index (κ3) is 2.93. The zero-order valence-corrected chi connectivity index (χ0v) is 16.0. The molecule has 0 aliphatic carbocycles. The minimum atomic E-state index is -0.436. The van der Waals surface area contributed by atoms with Gasteiger partial charge in [0.1, 0.15) is 17.9 Å². The Labute approximate surface area is 161 Å². The summed E-state index contributed by atoms with van der Waals surface area (Å²) < 4.78 is 12.8. The highest BCUT2D eigenvalue weighted by atomic mass is 16.5. The number of hydrogen-bond acceptors (Lipinski definition) is 6. The predicted molar refractivity (Wildman–Crippen MR) is 102 cm³/mol. The van der Waals surface area contributed by atoms with Crippen molar-refractivity contribution in [3.05, 3.63) is 52.3 Å². The number of aryl methyl sites for hydroxylation is 1. The second-order valence-corrected chi connectivity index (χ2v) is 6.77. The highest BCUT2D eigenvalue weighted by molar-refractivity contribution is 5.88. The molecule has 4 rings (SSSR count). The first kappa shape index (κ1) is 18.2. The van der Waals surface area contributed by atoms with Gasteiger partial charge in [-0.25, -0.2) is 24.1 Å². The van der Waals surface area contributed by atoms with Crippen molar-refractivity contribution < 1.29 is 14.3 Å². The van der Waals surface area contributed by atoms with Crippen molar-refractivity contribution in [2.75, 3.05) is 27.3 Å². The van der Waals surface area contributed by atoms with Gasteiger partial charge in [-0.1, -0.05) is 12.1 Å². The molecule has 3 aromatic rings. The van der Waals surface area contributed by atoms with Crippen LogP contribution >= 0.6 is 0 Å². The Hall–Kier alpha value is -3.20. The van der Waals surface area contributed by atoms with Crippen LogP contribution in [0.15, 0.2) is 35.3 Å². The second-order valence-electron chi connectivity index (χ2n) is 6.77. The summed E-state index contributed by atoms with van der Waals surface area (Å²) in [5.74, 6) is 1.46. The minimum Gasteiger partial charge on any atom is -0.497 e. The molecule has 1 aromatic carbocycles. The molecular weight excluding hydrogens is 362 g/mol. The molecule has 1 aliphatic rings. The number of amides is 1. The SMILES string of the molecule is COCc1ncc2c(n1)n(C)c(=O)n2C(=O)N1CC(c2cccc(OC)c2)C1. The van der Waals surface area contributed by atoms with Crippen LogP contribution in [0.2, 0.25) is 0 Å². The number of aromatic nitrogens is 4. The number of likely N-dealkylation sites (tertiary alicyclic amines) is 1. The van der Waals surface area contributed by atoms with Gasteiger partial charge >= 0.3 is 11.7 Å². The van der Waals surface area contributed by atoms with Crippen LogP contribution in [-0.2, 0) is 18.4 Å². The number of carbonyl (C=O) groups excluding carboxylic acids is 1. The van der Waals surface area contributed by atoms with E-state index in [1.807, 2.05) is 24.3 Å². The van der Waals surface area contributed by atoms with E-state index in [1.165, 1.54) is 10.8 Å². The first-order valence-electron chi connectivity index (χ1n) is 8.89. The predicted octanol–water partition coefficient (Wildman–Crippen LogP) is 1.35. The van der Waals surface area contributed by atoms with Crippen LogP contribution in [0, 0.1) is 0 Å². The van der Waals surface area contributed by atoms with Gasteiger partial charge in [-0.05, 0) is 17.7 Å². The zero-order chi connectivity index (χ0) is 19.8. The van der Waals surface area contributed by atoms with E-state index < -0.39 is 5.69 Å². The molecule has 0 N–H and O–H groups in total. The van der Waals surface area contributed by atoms with E-state index in [1.54, 1.807) is 26.2 Å². The second kappa shape index (κ2) is 7.08. The van der Waals surface area contributed by atoms with E-state index in [2.05, 4.69) is 9.97 Å². The third-order valence-electron chi connectivity index (χ3n) is 5.02. The summed E-state index contributed by atoms with van der Waals surface area (Å²) in [4.78, 5) is 35.8. The van der Waals surface area contributed by atoms with Crippen LogP contribution in [0.3, 0.4) is 0 Å². The van der Waals surface area contributed by atoms with Crippen LogP contribution in [0.4, 0.5) is 4.79 Å². The Morgan fingerprint density at radius 2 is 2.07 bits per heavy atom.